The fourth-order valence-electron chi connectivity index (χ4n) is 1.20. The van der Waals surface area contributed by atoms with Gasteiger partial charge in [0, 0.05) is 6.92 Å². The molecule has 2 nitrogen and oxygen atoms in total. The van der Waals surface area contributed by atoms with E-state index in [9.17, 15) is 4.79 Å². The van der Waals surface area contributed by atoms with Crippen molar-refractivity contribution in [1.82, 2.24) is 0 Å². The molecule has 0 bridgehead atoms. The Balaban J connectivity index is 3.69. The molecule has 0 unspecified atom stereocenters. The second-order valence-electron chi connectivity index (χ2n) is 3.49. The maximum atomic E-state index is 10.6. The fourth-order valence-corrected chi connectivity index (χ4v) is 1.20. The second-order valence-corrected chi connectivity index (χ2v) is 3.49. The third kappa shape index (κ3) is 7.84. The molecule has 14 heavy (non-hydrogen) atoms. The van der Waals surface area contributed by atoms with Gasteiger partial charge in [0.15, 0.2) is 0 Å². The van der Waals surface area contributed by atoms with Gasteiger partial charge in [-0.05, 0) is 24.8 Å². The molecule has 0 spiro atoms. The normalized spacial score (nSPS) is 11.5. The van der Waals surface area contributed by atoms with Crippen LogP contribution in [0.25, 0.3) is 0 Å². The summed E-state index contributed by atoms with van der Waals surface area (Å²) in [5.41, 5.74) is 1.23. The van der Waals surface area contributed by atoms with E-state index < -0.39 is 0 Å². The molecule has 0 fully saturated rings. The topological polar surface area (TPSA) is 26.3 Å². The molecule has 0 saturated heterocycles. The van der Waals surface area contributed by atoms with E-state index in [2.05, 4.69) is 19.9 Å². The molecule has 0 heterocycles. The number of esters is 1. The summed E-state index contributed by atoms with van der Waals surface area (Å²) in [5, 5.41) is 0. The first-order valence-electron chi connectivity index (χ1n) is 5.52. The third-order valence-electron chi connectivity index (χ3n) is 2.16. The lowest BCUT2D eigenvalue weighted by atomic mass is 10.1. The Hall–Kier alpha value is -0.790. The zero-order valence-corrected chi connectivity index (χ0v) is 9.64. The van der Waals surface area contributed by atoms with Gasteiger partial charge < -0.3 is 4.74 Å². The van der Waals surface area contributed by atoms with Crippen molar-refractivity contribution in [3.8, 4) is 0 Å². The molecule has 0 aromatic heterocycles. The van der Waals surface area contributed by atoms with Gasteiger partial charge in [0.2, 0.25) is 0 Å². The molecule has 0 saturated carbocycles. The summed E-state index contributed by atoms with van der Waals surface area (Å²) in [6.45, 7) is 6.21. The Morgan fingerprint density at radius 2 is 2.00 bits per heavy atom. The van der Waals surface area contributed by atoms with Gasteiger partial charge in [-0.15, -0.1) is 0 Å². The number of carbonyl (C=O) groups is 1. The second kappa shape index (κ2) is 8.79. The molecule has 0 N–H and O–H groups in total. The lowest BCUT2D eigenvalue weighted by Gasteiger charge is -2.04. The van der Waals surface area contributed by atoms with E-state index >= 15 is 0 Å². The molecule has 0 aliphatic heterocycles. The van der Waals surface area contributed by atoms with Crippen molar-refractivity contribution < 1.29 is 9.53 Å². The molecular formula is C12H22O2. The van der Waals surface area contributed by atoms with Gasteiger partial charge in [-0.1, -0.05) is 32.8 Å². The zero-order valence-electron chi connectivity index (χ0n) is 9.64. The molecule has 0 aliphatic carbocycles. The predicted octanol–water partition coefficient (Wildman–Crippen LogP) is 3.47. The van der Waals surface area contributed by atoms with Crippen LogP contribution in [-0.2, 0) is 9.53 Å². The van der Waals surface area contributed by atoms with Gasteiger partial charge >= 0.3 is 5.97 Å². The van der Waals surface area contributed by atoms with Crippen LogP contribution in [0.3, 0.4) is 0 Å². The van der Waals surface area contributed by atoms with E-state index in [0.717, 1.165) is 12.8 Å². The monoisotopic (exact) mass is 198 g/mol. The Bertz CT molecular complexity index is 183. The SMILES string of the molecule is CCCCCC=C(CC)COC(C)=O. The van der Waals surface area contributed by atoms with Gasteiger partial charge in [0.1, 0.15) is 6.61 Å². The Morgan fingerprint density at radius 1 is 1.29 bits per heavy atom. The van der Waals surface area contributed by atoms with Crippen molar-refractivity contribution in [3.63, 3.8) is 0 Å². The smallest absolute Gasteiger partial charge is 0.302 e. The highest BCUT2D eigenvalue weighted by atomic mass is 16.5. The maximum Gasteiger partial charge on any atom is 0.302 e. The largest absolute Gasteiger partial charge is 0.461 e. The summed E-state index contributed by atoms with van der Waals surface area (Å²) in [6.07, 6.45) is 8.05. The summed E-state index contributed by atoms with van der Waals surface area (Å²) >= 11 is 0. The first-order valence-corrected chi connectivity index (χ1v) is 5.52. The van der Waals surface area contributed by atoms with Crippen LogP contribution in [0.4, 0.5) is 0 Å². The first-order chi connectivity index (χ1) is 6.70. The van der Waals surface area contributed by atoms with Gasteiger partial charge in [-0.25, -0.2) is 0 Å². The van der Waals surface area contributed by atoms with Gasteiger partial charge in [0.05, 0.1) is 0 Å². The summed E-state index contributed by atoms with van der Waals surface area (Å²) in [5.74, 6) is -0.196. The van der Waals surface area contributed by atoms with E-state index in [4.69, 9.17) is 4.74 Å². The number of carbonyl (C=O) groups excluding carboxylic acids is 1. The molecule has 0 aliphatic rings. The number of hydrogen-bond donors (Lipinski definition) is 0. The van der Waals surface area contributed by atoms with Crippen LogP contribution < -0.4 is 0 Å². The van der Waals surface area contributed by atoms with E-state index in [1.807, 2.05) is 0 Å². The Labute approximate surface area is 87.3 Å². The number of unbranched alkanes of at least 4 members (excludes halogenated alkanes) is 3. The van der Waals surface area contributed by atoms with Crippen LogP contribution in [0.1, 0.15) is 52.9 Å². The van der Waals surface area contributed by atoms with E-state index in [1.54, 1.807) is 0 Å². The maximum absolute atomic E-state index is 10.6. The minimum atomic E-state index is -0.196. The molecule has 0 rings (SSSR count). The summed E-state index contributed by atoms with van der Waals surface area (Å²) in [4.78, 5) is 10.6. The van der Waals surface area contributed by atoms with Gasteiger partial charge in [-0.3, -0.25) is 4.79 Å². The van der Waals surface area contributed by atoms with Crippen LogP contribution in [0, 0.1) is 0 Å². The highest BCUT2D eigenvalue weighted by molar-refractivity contribution is 5.66. The molecule has 0 atom stereocenters. The van der Waals surface area contributed by atoms with Crippen LogP contribution in [0.15, 0.2) is 11.6 Å². The lowest BCUT2D eigenvalue weighted by molar-refractivity contribution is -0.140. The highest BCUT2D eigenvalue weighted by Crippen LogP contribution is 2.07. The molecular weight excluding hydrogens is 176 g/mol. The number of rotatable bonds is 7. The average Bonchev–Trinajstić information content (AvgIpc) is 2.16. The van der Waals surface area contributed by atoms with Crippen LogP contribution in [0.5, 0.6) is 0 Å². The minimum absolute atomic E-state index is 0.196. The van der Waals surface area contributed by atoms with Crippen molar-refractivity contribution in [3.05, 3.63) is 11.6 Å². The number of ether oxygens (including phenoxy) is 1. The predicted molar refractivity (Wildman–Crippen MR) is 59.1 cm³/mol. The molecule has 2 heteroatoms. The zero-order chi connectivity index (χ0) is 10.8. The summed E-state index contributed by atoms with van der Waals surface area (Å²) in [6, 6.07) is 0. The van der Waals surface area contributed by atoms with E-state index in [-0.39, 0.29) is 5.97 Å². The standard InChI is InChI=1S/C12H22O2/c1-4-6-7-8-9-12(5-2)10-14-11(3)13/h9H,4-8,10H2,1-3H3. The summed E-state index contributed by atoms with van der Waals surface area (Å²) in [7, 11) is 0. The molecule has 0 amide bonds. The highest BCUT2D eigenvalue weighted by Gasteiger charge is 1.97. The van der Waals surface area contributed by atoms with Gasteiger partial charge in [0.25, 0.3) is 0 Å². The van der Waals surface area contributed by atoms with Gasteiger partial charge in [-0.2, -0.15) is 0 Å². The van der Waals surface area contributed by atoms with Crippen LogP contribution in [0.2, 0.25) is 0 Å². The van der Waals surface area contributed by atoms with Crippen LogP contribution >= 0.6 is 0 Å². The van der Waals surface area contributed by atoms with Crippen molar-refractivity contribution >= 4 is 5.97 Å². The fraction of sp³-hybridized carbons (Fsp3) is 0.750. The molecule has 82 valence electrons. The Morgan fingerprint density at radius 3 is 2.50 bits per heavy atom. The lowest BCUT2D eigenvalue weighted by Crippen LogP contribution is -2.02. The Kier molecular flexibility index (Phi) is 8.30. The number of hydrogen-bond acceptors (Lipinski definition) is 2. The minimum Gasteiger partial charge on any atom is -0.461 e. The van der Waals surface area contributed by atoms with Crippen molar-refractivity contribution in [2.45, 2.75) is 52.9 Å². The van der Waals surface area contributed by atoms with E-state index in [0.29, 0.717) is 6.61 Å². The summed E-state index contributed by atoms with van der Waals surface area (Å²) < 4.78 is 4.94. The molecule has 0 aromatic carbocycles. The number of allylic oxidation sites excluding steroid dienone is 1. The van der Waals surface area contributed by atoms with E-state index in [1.165, 1.54) is 31.8 Å². The quantitative estimate of drug-likeness (QED) is 0.356. The first kappa shape index (κ1) is 13.2. The van der Waals surface area contributed by atoms with Crippen molar-refractivity contribution in [2.75, 3.05) is 6.61 Å². The third-order valence-corrected chi connectivity index (χ3v) is 2.16. The van der Waals surface area contributed by atoms with Crippen molar-refractivity contribution in [2.24, 2.45) is 0 Å². The van der Waals surface area contributed by atoms with Crippen molar-refractivity contribution in [1.29, 1.82) is 0 Å². The molecule has 0 radical (unpaired) electrons. The molecule has 0 aromatic rings. The van der Waals surface area contributed by atoms with Crippen LogP contribution in [-0.4, -0.2) is 12.6 Å². The average molecular weight is 198 g/mol.